The minimum absolute atomic E-state index is 0.0491. The molecule has 94 valence electrons. The molecule has 0 spiro atoms. The topological polar surface area (TPSA) is 101 Å². The molecule has 0 aliphatic heterocycles. The number of allylic oxidation sites excluding steroid dienone is 2. The Morgan fingerprint density at radius 3 is 2.44 bits per heavy atom. The van der Waals surface area contributed by atoms with E-state index in [0.29, 0.717) is 11.3 Å². The minimum atomic E-state index is -0.506. The lowest BCUT2D eigenvalue weighted by Crippen LogP contribution is -2.26. The van der Waals surface area contributed by atoms with Crippen LogP contribution in [-0.4, -0.2) is 31.9 Å². The smallest absolute Gasteiger partial charge is 0.268 e. The summed E-state index contributed by atoms with van der Waals surface area (Å²) in [6, 6.07) is 1.77. The standard InChI is InChI=1S/C12H15N5O/c1-8(7-17-9(2)6-13)11(15-3)5-10(14)12(18)16-4/h5,7,14-15H,1-2H2,3-4H3,(H,16,18)/b11-5-,14-10?,17-7+. The maximum absolute atomic E-state index is 11.2. The van der Waals surface area contributed by atoms with Gasteiger partial charge in [-0.1, -0.05) is 13.2 Å². The van der Waals surface area contributed by atoms with E-state index >= 15 is 0 Å². The molecule has 0 rings (SSSR count). The van der Waals surface area contributed by atoms with E-state index in [2.05, 4.69) is 28.8 Å². The van der Waals surface area contributed by atoms with Gasteiger partial charge in [-0.25, -0.2) is 4.99 Å². The van der Waals surface area contributed by atoms with Gasteiger partial charge in [-0.2, -0.15) is 5.26 Å². The predicted molar refractivity (Wildman–Crippen MR) is 71.3 cm³/mol. The summed E-state index contributed by atoms with van der Waals surface area (Å²) in [5.41, 5.74) is 0.726. The zero-order valence-electron chi connectivity index (χ0n) is 10.4. The molecule has 6 heteroatoms. The van der Waals surface area contributed by atoms with Crippen molar-refractivity contribution in [2.24, 2.45) is 4.99 Å². The van der Waals surface area contributed by atoms with Gasteiger partial charge in [0.05, 0.1) is 0 Å². The number of carbonyl (C=O) groups is 1. The predicted octanol–water partition coefficient (Wildman–Crippen LogP) is 0.520. The number of amides is 1. The number of nitrogens with zero attached hydrogens (tertiary/aromatic N) is 2. The molecule has 0 aliphatic carbocycles. The third kappa shape index (κ3) is 4.90. The van der Waals surface area contributed by atoms with Crippen LogP contribution in [0.2, 0.25) is 0 Å². The van der Waals surface area contributed by atoms with Crippen molar-refractivity contribution in [2.75, 3.05) is 14.1 Å². The SMILES string of the molecule is C=C(C#N)/N=C/C(=C)/C(=C/C(=N)C(=O)NC)NC. The lowest BCUT2D eigenvalue weighted by Gasteiger charge is -2.06. The van der Waals surface area contributed by atoms with Gasteiger partial charge in [0.25, 0.3) is 5.91 Å². The van der Waals surface area contributed by atoms with Crippen LogP contribution in [0.5, 0.6) is 0 Å². The molecule has 0 unspecified atom stereocenters. The number of carbonyl (C=O) groups excluding carboxylic acids is 1. The first kappa shape index (κ1) is 15.3. The van der Waals surface area contributed by atoms with Gasteiger partial charge in [-0.3, -0.25) is 10.2 Å². The fraction of sp³-hybridized carbons (Fsp3) is 0.167. The molecule has 0 aliphatic rings. The van der Waals surface area contributed by atoms with Crippen LogP contribution in [0, 0.1) is 16.7 Å². The van der Waals surface area contributed by atoms with E-state index in [-0.39, 0.29) is 11.4 Å². The highest BCUT2D eigenvalue weighted by molar-refractivity contribution is 6.42. The molecular weight excluding hydrogens is 230 g/mol. The Bertz CT molecular complexity index is 479. The first-order valence-corrected chi connectivity index (χ1v) is 4.98. The first-order chi connectivity index (χ1) is 8.46. The van der Waals surface area contributed by atoms with Crippen molar-refractivity contribution in [2.45, 2.75) is 0 Å². The largest absolute Gasteiger partial charge is 0.388 e. The number of likely N-dealkylation sites (N-methyl/N-ethyl adjacent to an activating group) is 1. The molecule has 0 saturated heterocycles. The molecule has 1 amide bonds. The number of nitrogens with one attached hydrogen (secondary N) is 3. The third-order valence-corrected chi connectivity index (χ3v) is 1.88. The number of hydrogen-bond acceptors (Lipinski definition) is 5. The maximum atomic E-state index is 11.2. The minimum Gasteiger partial charge on any atom is -0.388 e. The van der Waals surface area contributed by atoms with Gasteiger partial charge in [0.15, 0.2) is 0 Å². The quantitative estimate of drug-likeness (QED) is 0.361. The van der Waals surface area contributed by atoms with E-state index in [4.69, 9.17) is 10.7 Å². The van der Waals surface area contributed by atoms with Gasteiger partial charge >= 0.3 is 0 Å². The van der Waals surface area contributed by atoms with E-state index in [0.717, 1.165) is 0 Å². The zero-order chi connectivity index (χ0) is 14.1. The van der Waals surface area contributed by atoms with Gasteiger partial charge in [0.1, 0.15) is 17.5 Å². The molecule has 0 aromatic rings. The summed E-state index contributed by atoms with van der Waals surface area (Å²) in [4.78, 5) is 14.9. The van der Waals surface area contributed by atoms with E-state index in [1.54, 1.807) is 13.1 Å². The van der Waals surface area contributed by atoms with E-state index in [1.165, 1.54) is 19.3 Å². The molecule has 18 heavy (non-hydrogen) atoms. The average Bonchev–Trinajstić information content (AvgIpc) is 2.40. The number of nitriles is 1. The zero-order valence-corrected chi connectivity index (χ0v) is 10.4. The summed E-state index contributed by atoms with van der Waals surface area (Å²) in [6.45, 7) is 7.10. The number of rotatable bonds is 6. The van der Waals surface area contributed by atoms with Gasteiger partial charge in [0, 0.05) is 31.6 Å². The van der Waals surface area contributed by atoms with Crippen LogP contribution in [0.1, 0.15) is 0 Å². The summed E-state index contributed by atoms with van der Waals surface area (Å²) in [6.07, 6.45) is 2.66. The van der Waals surface area contributed by atoms with Crippen molar-refractivity contribution >= 4 is 17.8 Å². The molecule has 0 bridgehead atoms. The fourth-order valence-corrected chi connectivity index (χ4v) is 0.924. The van der Waals surface area contributed by atoms with Crippen molar-refractivity contribution in [3.8, 4) is 6.07 Å². The Labute approximate surface area is 106 Å². The Kier molecular flexibility index (Phi) is 6.44. The van der Waals surface area contributed by atoms with Crippen molar-refractivity contribution in [1.29, 1.82) is 10.7 Å². The summed E-state index contributed by atoms with van der Waals surface area (Å²) in [5, 5.41) is 21.1. The maximum Gasteiger partial charge on any atom is 0.268 e. The Balaban J connectivity index is 4.95. The van der Waals surface area contributed by atoms with Gasteiger partial charge in [-0.05, 0) is 6.08 Å². The van der Waals surface area contributed by atoms with Crippen LogP contribution < -0.4 is 10.6 Å². The highest BCUT2D eigenvalue weighted by atomic mass is 16.1. The van der Waals surface area contributed by atoms with Crippen molar-refractivity contribution in [3.63, 3.8) is 0 Å². The van der Waals surface area contributed by atoms with Gasteiger partial charge < -0.3 is 10.6 Å². The van der Waals surface area contributed by atoms with Crippen molar-refractivity contribution < 1.29 is 4.79 Å². The summed E-state index contributed by atoms with van der Waals surface area (Å²) >= 11 is 0. The molecular formula is C12H15N5O. The van der Waals surface area contributed by atoms with Crippen LogP contribution in [0.15, 0.2) is 41.2 Å². The van der Waals surface area contributed by atoms with E-state index in [9.17, 15) is 4.79 Å². The van der Waals surface area contributed by atoms with E-state index < -0.39 is 5.91 Å². The van der Waals surface area contributed by atoms with Gasteiger partial charge in [0.2, 0.25) is 0 Å². The molecule has 0 atom stereocenters. The summed E-state index contributed by atoms with van der Waals surface area (Å²) in [5.74, 6) is -0.506. The van der Waals surface area contributed by atoms with Crippen molar-refractivity contribution in [3.05, 3.63) is 36.2 Å². The van der Waals surface area contributed by atoms with Gasteiger partial charge in [-0.15, -0.1) is 0 Å². The molecule has 0 saturated carbocycles. The second-order valence-corrected chi connectivity index (χ2v) is 3.14. The number of hydrogen-bond donors (Lipinski definition) is 3. The molecule has 6 nitrogen and oxygen atoms in total. The molecule has 0 fully saturated rings. The highest BCUT2D eigenvalue weighted by Gasteiger charge is 2.06. The number of aliphatic imine (C=N–C) groups is 1. The monoisotopic (exact) mass is 245 g/mol. The van der Waals surface area contributed by atoms with Crippen LogP contribution in [0.3, 0.4) is 0 Å². The molecule has 0 radical (unpaired) electrons. The van der Waals surface area contributed by atoms with Crippen LogP contribution in [0.25, 0.3) is 0 Å². The fourth-order valence-electron chi connectivity index (χ4n) is 0.924. The highest BCUT2D eigenvalue weighted by Crippen LogP contribution is 2.02. The van der Waals surface area contributed by atoms with Crippen LogP contribution in [0.4, 0.5) is 0 Å². The van der Waals surface area contributed by atoms with Crippen LogP contribution in [-0.2, 0) is 4.79 Å². The second-order valence-electron chi connectivity index (χ2n) is 3.14. The molecule has 0 heterocycles. The Morgan fingerprint density at radius 1 is 1.39 bits per heavy atom. The lowest BCUT2D eigenvalue weighted by atomic mass is 10.2. The Hall–Kier alpha value is -2.68. The van der Waals surface area contributed by atoms with E-state index in [1.807, 2.05) is 0 Å². The van der Waals surface area contributed by atoms with Crippen LogP contribution >= 0.6 is 0 Å². The first-order valence-electron chi connectivity index (χ1n) is 4.98. The summed E-state index contributed by atoms with van der Waals surface area (Å²) < 4.78 is 0. The third-order valence-electron chi connectivity index (χ3n) is 1.88. The Morgan fingerprint density at radius 2 is 2.00 bits per heavy atom. The summed E-state index contributed by atoms with van der Waals surface area (Å²) in [7, 11) is 3.07. The molecule has 0 aromatic carbocycles. The lowest BCUT2D eigenvalue weighted by molar-refractivity contribution is -0.114. The molecule has 0 aromatic heterocycles. The second kappa shape index (κ2) is 7.57. The average molecular weight is 245 g/mol. The normalized spacial score (nSPS) is 10.6. The van der Waals surface area contributed by atoms with Crippen molar-refractivity contribution in [1.82, 2.24) is 10.6 Å². The molecule has 3 N–H and O–H groups in total.